The highest BCUT2D eigenvalue weighted by atomic mass is 32.2. The fourth-order valence-corrected chi connectivity index (χ4v) is 3.61. The third kappa shape index (κ3) is 3.98. The van der Waals surface area contributed by atoms with Crippen LogP contribution in [0.25, 0.3) is 11.1 Å². The lowest BCUT2D eigenvalue weighted by atomic mass is 10.1. The van der Waals surface area contributed by atoms with E-state index in [0.29, 0.717) is 18.8 Å². The maximum absolute atomic E-state index is 12.4. The van der Waals surface area contributed by atoms with E-state index in [0.717, 1.165) is 57.6 Å². The molecule has 0 bridgehead atoms. The number of hydrogen-bond acceptors (Lipinski definition) is 6. The third-order valence-electron chi connectivity index (χ3n) is 4.80. The van der Waals surface area contributed by atoms with Gasteiger partial charge in [-0.3, -0.25) is 4.79 Å². The number of nitrogens with zero attached hydrogens (tertiary/aromatic N) is 3. The molecular formula is C20H22N4O2S. The van der Waals surface area contributed by atoms with Crippen LogP contribution in [-0.4, -0.2) is 27.1 Å². The number of aryl methyl sites for hydroxylation is 2. The maximum Gasteiger partial charge on any atom is 0.224 e. The quantitative estimate of drug-likeness (QED) is 0.502. The molecule has 4 rings (SSSR count). The first kappa shape index (κ1) is 18.0. The van der Waals surface area contributed by atoms with Crippen molar-refractivity contribution in [2.24, 2.45) is 0 Å². The Hall–Kier alpha value is -2.41. The average Bonchev–Trinajstić information content (AvgIpc) is 3.40. The van der Waals surface area contributed by atoms with Gasteiger partial charge >= 0.3 is 0 Å². The van der Waals surface area contributed by atoms with Crippen LogP contribution in [0, 0.1) is 13.8 Å². The van der Waals surface area contributed by atoms with E-state index in [-0.39, 0.29) is 5.91 Å². The van der Waals surface area contributed by atoms with Crippen molar-refractivity contribution >= 4 is 34.5 Å². The van der Waals surface area contributed by atoms with E-state index < -0.39 is 0 Å². The molecule has 1 aromatic carbocycles. The monoisotopic (exact) mass is 382 g/mol. The second-order valence-corrected chi connectivity index (χ2v) is 7.69. The minimum atomic E-state index is -0.0343. The van der Waals surface area contributed by atoms with E-state index >= 15 is 0 Å². The van der Waals surface area contributed by atoms with Gasteiger partial charge in [0.15, 0.2) is 16.6 Å². The van der Waals surface area contributed by atoms with Crippen molar-refractivity contribution in [3.8, 4) is 0 Å². The van der Waals surface area contributed by atoms with Gasteiger partial charge in [0.1, 0.15) is 5.52 Å². The first-order chi connectivity index (χ1) is 13.0. The van der Waals surface area contributed by atoms with Crippen molar-refractivity contribution in [1.82, 2.24) is 15.0 Å². The third-order valence-corrected chi connectivity index (χ3v) is 5.35. The van der Waals surface area contributed by atoms with Gasteiger partial charge in [0, 0.05) is 29.4 Å². The van der Waals surface area contributed by atoms with Gasteiger partial charge in [0.2, 0.25) is 5.91 Å². The van der Waals surface area contributed by atoms with Crippen LogP contribution in [0.2, 0.25) is 0 Å². The second-order valence-electron chi connectivity index (χ2n) is 6.92. The molecule has 3 aromatic rings. The molecule has 6 nitrogen and oxygen atoms in total. The van der Waals surface area contributed by atoms with Crippen LogP contribution in [0.15, 0.2) is 27.8 Å². The summed E-state index contributed by atoms with van der Waals surface area (Å²) in [4.78, 5) is 25.9. The van der Waals surface area contributed by atoms with E-state index in [1.54, 1.807) is 0 Å². The van der Waals surface area contributed by atoms with Crippen molar-refractivity contribution in [2.45, 2.75) is 50.6 Å². The number of carbonyl (C=O) groups is 1. The predicted molar refractivity (Wildman–Crippen MR) is 106 cm³/mol. The minimum Gasteiger partial charge on any atom is -0.440 e. The highest BCUT2D eigenvalue weighted by molar-refractivity contribution is 7.98. The first-order valence-corrected chi connectivity index (χ1v) is 10.3. The molecular weight excluding hydrogens is 360 g/mol. The number of carbonyl (C=O) groups excluding carboxylic acids is 1. The summed E-state index contributed by atoms with van der Waals surface area (Å²) >= 11 is 1.53. The van der Waals surface area contributed by atoms with Crippen LogP contribution >= 0.6 is 11.8 Å². The van der Waals surface area contributed by atoms with Crippen molar-refractivity contribution in [2.75, 3.05) is 11.6 Å². The molecule has 1 N–H and O–H groups in total. The lowest BCUT2D eigenvalue weighted by Crippen LogP contribution is -2.13. The zero-order valence-electron chi connectivity index (χ0n) is 15.7. The number of rotatable bonds is 6. The molecule has 0 unspecified atom stereocenters. The summed E-state index contributed by atoms with van der Waals surface area (Å²) in [6.45, 7) is 3.94. The van der Waals surface area contributed by atoms with Crippen LogP contribution in [0.4, 0.5) is 5.69 Å². The number of fused-ring (bicyclic) bond motifs is 1. The summed E-state index contributed by atoms with van der Waals surface area (Å²) in [6.07, 6.45) is 5.26. The van der Waals surface area contributed by atoms with Crippen LogP contribution in [0.3, 0.4) is 0 Å². The molecule has 7 heteroatoms. The van der Waals surface area contributed by atoms with Crippen molar-refractivity contribution in [1.29, 1.82) is 0 Å². The summed E-state index contributed by atoms with van der Waals surface area (Å²) in [5.74, 6) is 1.25. The van der Waals surface area contributed by atoms with Gasteiger partial charge in [0.05, 0.1) is 0 Å². The lowest BCUT2D eigenvalue weighted by molar-refractivity contribution is -0.116. The Kier molecular flexibility index (Phi) is 4.86. The highest BCUT2D eigenvalue weighted by Gasteiger charge is 2.28. The molecule has 1 aliphatic carbocycles. The summed E-state index contributed by atoms with van der Waals surface area (Å²) < 4.78 is 5.76. The van der Waals surface area contributed by atoms with Gasteiger partial charge in [-0.25, -0.2) is 15.0 Å². The predicted octanol–water partition coefficient (Wildman–Crippen LogP) is 4.41. The van der Waals surface area contributed by atoms with Crippen molar-refractivity contribution in [3.63, 3.8) is 0 Å². The van der Waals surface area contributed by atoms with Gasteiger partial charge in [-0.2, -0.15) is 0 Å². The molecule has 1 amide bonds. The van der Waals surface area contributed by atoms with Gasteiger partial charge in [0.25, 0.3) is 0 Å². The lowest BCUT2D eigenvalue weighted by Gasteiger charge is -2.10. The van der Waals surface area contributed by atoms with Crippen LogP contribution in [0.1, 0.15) is 48.0 Å². The molecule has 0 spiro atoms. The zero-order chi connectivity index (χ0) is 19.0. The van der Waals surface area contributed by atoms with Crippen molar-refractivity contribution < 1.29 is 9.21 Å². The van der Waals surface area contributed by atoms with Gasteiger partial charge in [-0.1, -0.05) is 11.8 Å². The number of anilines is 1. The Bertz CT molecular complexity index is 987. The molecule has 0 aliphatic heterocycles. The molecule has 0 atom stereocenters. The Morgan fingerprint density at radius 3 is 2.63 bits per heavy atom. The van der Waals surface area contributed by atoms with E-state index in [1.807, 2.05) is 38.3 Å². The number of thioether (sulfide) groups is 1. The number of benzene rings is 1. The standard InChI is InChI=1S/C20H22N4O2S/c1-11-15(12(2)22-20(21-11)27-3)7-9-18(25)23-14-6-8-17-16(10-14)24-19(26-17)13-4-5-13/h6,8,10,13H,4-5,7,9H2,1-3H3,(H,23,25). The Labute approximate surface area is 162 Å². The number of hydrogen-bond donors (Lipinski definition) is 1. The summed E-state index contributed by atoms with van der Waals surface area (Å²) in [5.41, 5.74) is 5.23. The van der Waals surface area contributed by atoms with E-state index in [9.17, 15) is 4.79 Å². The first-order valence-electron chi connectivity index (χ1n) is 9.12. The van der Waals surface area contributed by atoms with Gasteiger partial charge in [-0.05, 0) is 63.1 Å². The van der Waals surface area contributed by atoms with Crippen molar-refractivity contribution in [3.05, 3.63) is 41.0 Å². The number of oxazole rings is 1. The number of nitrogens with one attached hydrogen (secondary N) is 1. The van der Waals surface area contributed by atoms with Gasteiger partial charge < -0.3 is 9.73 Å². The average molecular weight is 382 g/mol. The second kappa shape index (κ2) is 7.31. The van der Waals surface area contributed by atoms with Crippen LogP contribution in [-0.2, 0) is 11.2 Å². The Balaban J connectivity index is 1.41. The smallest absolute Gasteiger partial charge is 0.224 e. The normalized spacial score (nSPS) is 13.9. The SMILES string of the molecule is CSc1nc(C)c(CCC(=O)Nc2ccc3oc(C4CC4)nc3c2)c(C)n1. The topological polar surface area (TPSA) is 80.9 Å². The molecule has 27 heavy (non-hydrogen) atoms. The largest absolute Gasteiger partial charge is 0.440 e. The molecule has 0 saturated heterocycles. The Morgan fingerprint density at radius 1 is 1.22 bits per heavy atom. The fraction of sp³-hybridized carbons (Fsp3) is 0.400. The Morgan fingerprint density at radius 2 is 1.96 bits per heavy atom. The van der Waals surface area contributed by atoms with Crippen LogP contribution in [0.5, 0.6) is 0 Å². The van der Waals surface area contributed by atoms with E-state index in [4.69, 9.17) is 4.42 Å². The van der Waals surface area contributed by atoms with E-state index in [2.05, 4.69) is 20.3 Å². The molecule has 1 fully saturated rings. The number of aromatic nitrogens is 3. The fourth-order valence-electron chi connectivity index (χ4n) is 3.15. The van der Waals surface area contributed by atoms with Gasteiger partial charge in [-0.15, -0.1) is 0 Å². The van der Waals surface area contributed by atoms with E-state index in [1.165, 1.54) is 11.8 Å². The molecule has 1 aliphatic rings. The molecule has 1 saturated carbocycles. The summed E-state index contributed by atoms with van der Waals surface area (Å²) in [5, 5.41) is 3.72. The summed E-state index contributed by atoms with van der Waals surface area (Å²) in [6, 6.07) is 5.59. The van der Waals surface area contributed by atoms with Crippen LogP contribution < -0.4 is 5.32 Å². The molecule has 0 radical (unpaired) electrons. The highest BCUT2D eigenvalue weighted by Crippen LogP contribution is 2.40. The maximum atomic E-state index is 12.4. The molecule has 2 heterocycles. The molecule has 2 aromatic heterocycles. The minimum absolute atomic E-state index is 0.0343. The zero-order valence-corrected chi connectivity index (χ0v) is 16.5. The summed E-state index contributed by atoms with van der Waals surface area (Å²) in [7, 11) is 0. The molecule has 140 valence electrons. The number of amides is 1.